The Labute approximate surface area is 151 Å². The largest absolute Gasteiger partial charge is 0.212 e. The molecule has 0 bridgehead atoms. The molecule has 0 aliphatic rings. The van der Waals surface area contributed by atoms with E-state index < -0.39 is 27.4 Å². The molecule has 0 atom stereocenters. The summed E-state index contributed by atoms with van der Waals surface area (Å²) in [6.45, 7) is 9.57. The molecular weight excluding hydrogens is 294 g/mol. The highest BCUT2D eigenvalue weighted by molar-refractivity contribution is 6.70. The number of pyridine rings is 1. The van der Waals surface area contributed by atoms with Gasteiger partial charge >= 0.3 is 0 Å². The monoisotopic (exact) mass is 330 g/mol. The fourth-order valence-electron chi connectivity index (χ4n) is 2.69. The Morgan fingerprint density at radius 1 is 1.17 bits per heavy atom. The second-order valence-corrected chi connectivity index (χ2v) is 10.1. The van der Waals surface area contributed by atoms with Gasteiger partial charge in [0.1, 0.15) is 7.05 Å². The molecule has 0 N–H and O–H groups in total. The Hall–Kier alpha value is -1.41. The first-order valence-corrected chi connectivity index (χ1v) is 10.5. The van der Waals surface area contributed by atoms with Crippen LogP contribution in [-0.2, 0) is 13.4 Å². The molecular formula is C21H31NSi+. The normalized spacial score (nSPS) is 16.4. The predicted molar refractivity (Wildman–Crippen MR) is 103 cm³/mol. The van der Waals surface area contributed by atoms with Crippen molar-refractivity contribution < 1.29 is 11.4 Å². The van der Waals surface area contributed by atoms with E-state index in [9.17, 15) is 0 Å². The fourth-order valence-corrected chi connectivity index (χ4v) is 3.61. The van der Waals surface area contributed by atoms with E-state index >= 15 is 0 Å². The predicted octanol–water partition coefficient (Wildman–Crippen LogP) is 4.34. The van der Waals surface area contributed by atoms with Gasteiger partial charge in [-0.3, -0.25) is 0 Å². The Morgan fingerprint density at radius 3 is 2.39 bits per heavy atom. The highest BCUT2D eigenvalue weighted by atomic mass is 28.3. The maximum absolute atomic E-state index is 8.72. The minimum atomic E-state index is -2.38. The molecule has 1 aromatic heterocycles. The van der Waals surface area contributed by atoms with Crippen LogP contribution in [0.15, 0.2) is 30.5 Å². The van der Waals surface area contributed by atoms with E-state index in [-0.39, 0.29) is 11.1 Å². The minimum Gasteiger partial charge on any atom is -0.201 e. The van der Waals surface area contributed by atoms with Crippen molar-refractivity contribution in [3.8, 4) is 11.3 Å². The molecule has 2 aromatic rings. The zero-order chi connectivity index (χ0) is 21.7. The molecule has 1 heterocycles. The van der Waals surface area contributed by atoms with Gasteiger partial charge in [0.2, 0.25) is 5.69 Å². The van der Waals surface area contributed by atoms with Gasteiger partial charge < -0.3 is 0 Å². The minimum absolute atomic E-state index is 0.0700. The molecule has 1 aromatic carbocycles. The fraction of sp³-hybridized carbons (Fsp3) is 0.476. The topological polar surface area (TPSA) is 3.88 Å². The number of aryl methyl sites for hydroxylation is 3. The summed E-state index contributed by atoms with van der Waals surface area (Å²) in [6.07, 6.45) is -0.222. The summed E-state index contributed by atoms with van der Waals surface area (Å²) < 4.78 is 43.1. The first-order chi connectivity index (χ1) is 12.6. The maximum Gasteiger partial charge on any atom is 0.212 e. The lowest BCUT2D eigenvalue weighted by atomic mass is 9.86. The number of hydrogen-bond acceptors (Lipinski definition) is 0. The van der Waals surface area contributed by atoms with Crippen LogP contribution in [0.1, 0.15) is 44.3 Å². The summed E-state index contributed by atoms with van der Waals surface area (Å²) in [4.78, 5) is 0. The molecule has 0 saturated carbocycles. The van der Waals surface area contributed by atoms with Crippen molar-refractivity contribution in [3.63, 3.8) is 0 Å². The molecule has 0 aliphatic heterocycles. The van der Waals surface area contributed by atoms with Gasteiger partial charge in [0.25, 0.3) is 0 Å². The van der Waals surface area contributed by atoms with Crippen LogP contribution in [0.5, 0.6) is 0 Å². The zero-order valence-electron chi connectivity index (χ0n) is 20.3. The van der Waals surface area contributed by atoms with E-state index in [0.29, 0.717) is 0 Å². The molecule has 123 valence electrons. The molecule has 0 amide bonds. The van der Waals surface area contributed by atoms with Crippen LogP contribution in [0.25, 0.3) is 11.3 Å². The van der Waals surface area contributed by atoms with Crippen LogP contribution in [0.4, 0.5) is 0 Å². The number of rotatable bonds is 3. The number of benzene rings is 1. The molecule has 1 nitrogen and oxygen atoms in total. The van der Waals surface area contributed by atoms with E-state index in [4.69, 9.17) is 6.85 Å². The zero-order valence-corrected chi connectivity index (χ0v) is 16.3. The maximum atomic E-state index is 8.72. The van der Waals surface area contributed by atoms with E-state index in [1.807, 2.05) is 7.05 Å². The average molecular weight is 331 g/mol. The summed E-state index contributed by atoms with van der Waals surface area (Å²) in [6, 6.07) is 8.13. The lowest BCUT2D eigenvalue weighted by molar-refractivity contribution is -0.660. The highest BCUT2D eigenvalue weighted by Crippen LogP contribution is 2.26. The molecule has 0 spiro atoms. The van der Waals surface area contributed by atoms with E-state index in [0.717, 1.165) is 16.8 Å². The Kier molecular flexibility index (Phi) is 3.45. The third kappa shape index (κ3) is 4.32. The van der Waals surface area contributed by atoms with Gasteiger partial charge in [0.05, 0.1) is 8.80 Å². The van der Waals surface area contributed by atoms with Gasteiger partial charge in [-0.15, -0.1) is 0 Å². The smallest absolute Gasteiger partial charge is 0.201 e. The number of nitrogens with zero attached hydrogens (tertiary/aromatic N) is 1. The van der Waals surface area contributed by atoms with Crippen molar-refractivity contribution >= 4 is 14.0 Å². The van der Waals surface area contributed by atoms with E-state index in [2.05, 4.69) is 38.2 Å². The lowest BCUT2D eigenvalue weighted by Gasteiger charge is -2.19. The summed E-state index contributed by atoms with van der Waals surface area (Å²) in [5.74, 6) is 0. The molecule has 0 unspecified atom stereocenters. The third-order valence-electron chi connectivity index (χ3n) is 3.86. The van der Waals surface area contributed by atoms with Crippen LogP contribution in [0.3, 0.4) is 0 Å². The Bertz CT molecular complexity index is 880. The first kappa shape index (κ1) is 12.0. The average Bonchev–Trinajstić information content (AvgIpc) is 2.52. The summed E-state index contributed by atoms with van der Waals surface area (Å²) in [5, 5.41) is 1.35. The molecule has 2 heteroatoms. The lowest BCUT2D eigenvalue weighted by Crippen LogP contribution is -2.32. The molecule has 2 rings (SSSR count). The van der Waals surface area contributed by atoms with Crippen molar-refractivity contribution in [2.45, 2.75) is 54.0 Å². The standard InChI is InChI=1S/C21H31NSi/c1-15-11-18(23(7)8)9-10-19(15)20-12-17(13-21(3,4)5)16(2)14-22(20)6/h9-12,14H,13H2,1-8H3/q+1/i2D3,13D2. The van der Waals surface area contributed by atoms with Crippen LogP contribution in [0, 0.1) is 19.2 Å². The first-order valence-electron chi connectivity index (χ1n) is 10.5. The van der Waals surface area contributed by atoms with Gasteiger partial charge in [-0.25, -0.2) is 4.57 Å². The summed E-state index contributed by atoms with van der Waals surface area (Å²) in [5.41, 5.74) is 2.50. The number of hydrogen-bond donors (Lipinski definition) is 0. The van der Waals surface area contributed by atoms with Gasteiger partial charge in [0.15, 0.2) is 6.20 Å². The van der Waals surface area contributed by atoms with Crippen molar-refractivity contribution in [3.05, 3.63) is 47.2 Å². The number of aromatic nitrogens is 1. The second-order valence-electron chi connectivity index (χ2n) is 7.50. The molecule has 1 radical (unpaired) electrons. The van der Waals surface area contributed by atoms with E-state index in [1.54, 1.807) is 37.6 Å². The van der Waals surface area contributed by atoms with Crippen molar-refractivity contribution in [2.75, 3.05) is 0 Å². The van der Waals surface area contributed by atoms with Gasteiger partial charge in [0, 0.05) is 24.0 Å². The Balaban J connectivity index is 2.81. The van der Waals surface area contributed by atoms with Crippen molar-refractivity contribution in [1.29, 1.82) is 0 Å². The van der Waals surface area contributed by atoms with E-state index in [1.165, 1.54) is 5.19 Å². The van der Waals surface area contributed by atoms with Crippen molar-refractivity contribution in [1.82, 2.24) is 0 Å². The molecule has 0 fully saturated rings. The second kappa shape index (κ2) is 6.60. The summed E-state index contributed by atoms with van der Waals surface area (Å²) >= 11 is 0. The summed E-state index contributed by atoms with van der Waals surface area (Å²) in [7, 11) is 1.26. The molecule has 23 heavy (non-hydrogen) atoms. The highest BCUT2D eigenvalue weighted by Gasteiger charge is 2.19. The van der Waals surface area contributed by atoms with Crippen LogP contribution < -0.4 is 9.75 Å². The van der Waals surface area contributed by atoms with Crippen LogP contribution in [0.2, 0.25) is 13.1 Å². The molecule has 0 saturated heterocycles. The SMILES string of the molecule is [2H]C([2H])([2H])c1c[n+](C)c(-c2ccc([Si](C)C)cc2C)cc1C([2H])([2H])C(C)(C)C. The van der Waals surface area contributed by atoms with Gasteiger partial charge in [-0.2, -0.15) is 0 Å². The molecule has 0 aliphatic carbocycles. The van der Waals surface area contributed by atoms with Crippen LogP contribution >= 0.6 is 0 Å². The quantitative estimate of drug-likeness (QED) is 0.582. The van der Waals surface area contributed by atoms with Crippen molar-refractivity contribution in [2.24, 2.45) is 12.5 Å². The third-order valence-corrected chi connectivity index (χ3v) is 5.33. The van der Waals surface area contributed by atoms with Gasteiger partial charge in [-0.05, 0) is 42.8 Å². The van der Waals surface area contributed by atoms with Crippen LogP contribution in [-0.4, -0.2) is 8.80 Å². The van der Waals surface area contributed by atoms with Gasteiger partial charge in [-0.1, -0.05) is 51.2 Å². The Morgan fingerprint density at radius 2 is 1.87 bits per heavy atom.